The summed E-state index contributed by atoms with van der Waals surface area (Å²) >= 11 is 0. The predicted molar refractivity (Wildman–Crippen MR) is 112 cm³/mol. The molecule has 0 saturated carbocycles. The van der Waals surface area contributed by atoms with Crippen molar-refractivity contribution in [2.45, 2.75) is 6.92 Å². The van der Waals surface area contributed by atoms with E-state index in [1.54, 1.807) is 13.2 Å². The Bertz CT molecular complexity index is 1130. The lowest BCUT2D eigenvalue weighted by atomic mass is 10.2. The highest BCUT2D eigenvalue weighted by molar-refractivity contribution is 5.61. The number of methoxy groups -OCH3 is 1. The maximum atomic E-state index is 6.06. The molecule has 0 aliphatic rings. The average molecular weight is 388 g/mol. The molecule has 9 heteroatoms. The van der Waals surface area contributed by atoms with Gasteiger partial charge in [-0.25, -0.2) is 9.97 Å². The Hall–Kier alpha value is -4.14. The first-order valence-corrected chi connectivity index (χ1v) is 8.91. The summed E-state index contributed by atoms with van der Waals surface area (Å²) < 4.78 is 6.69. The van der Waals surface area contributed by atoms with E-state index in [9.17, 15) is 0 Å². The molecule has 0 saturated heterocycles. The van der Waals surface area contributed by atoms with Crippen molar-refractivity contribution < 1.29 is 4.74 Å². The van der Waals surface area contributed by atoms with Gasteiger partial charge in [-0.2, -0.15) is 9.67 Å². The molecule has 2 aromatic heterocycles. The molecule has 0 aliphatic heterocycles. The van der Waals surface area contributed by atoms with Crippen LogP contribution in [0.2, 0.25) is 0 Å². The van der Waals surface area contributed by atoms with Gasteiger partial charge in [0.2, 0.25) is 11.9 Å². The number of nitrogens with two attached hydrogens (primary N) is 1. The second kappa shape index (κ2) is 7.85. The first-order valence-electron chi connectivity index (χ1n) is 8.91. The van der Waals surface area contributed by atoms with E-state index in [0.29, 0.717) is 17.6 Å². The van der Waals surface area contributed by atoms with E-state index in [-0.39, 0.29) is 5.95 Å². The maximum absolute atomic E-state index is 6.06. The number of aromatic nitrogens is 5. The molecule has 0 fully saturated rings. The highest BCUT2D eigenvalue weighted by atomic mass is 16.5. The van der Waals surface area contributed by atoms with Crippen molar-refractivity contribution >= 4 is 29.1 Å². The minimum atomic E-state index is 0.211. The highest BCUT2D eigenvalue weighted by Crippen LogP contribution is 2.24. The van der Waals surface area contributed by atoms with Gasteiger partial charge >= 0.3 is 0 Å². The summed E-state index contributed by atoms with van der Waals surface area (Å²) in [5.74, 6) is 2.49. The molecule has 0 spiro atoms. The van der Waals surface area contributed by atoms with Gasteiger partial charge in [0.1, 0.15) is 17.9 Å². The molecule has 4 aromatic rings. The van der Waals surface area contributed by atoms with E-state index in [2.05, 4.69) is 30.7 Å². The van der Waals surface area contributed by atoms with Gasteiger partial charge in [-0.3, -0.25) is 0 Å². The molecule has 0 amide bonds. The van der Waals surface area contributed by atoms with Crippen LogP contribution in [0.3, 0.4) is 0 Å². The van der Waals surface area contributed by atoms with Crippen LogP contribution < -0.4 is 21.1 Å². The van der Waals surface area contributed by atoms with E-state index >= 15 is 0 Å². The fraction of sp³-hybridized carbons (Fsp3) is 0.100. The number of hydrogen-bond donors (Lipinski definition) is 3. The number of ether oxygens (including phenoxy) is 1. The second-order valence-corrected chi connectivity index (χ2v) is 6.26. The van der Waals surface area contributed by atoms with Crippen molar-refractivity contribution in [1.29, 1.82) is 0 Å². The third kappa shape index (κ3) is 4.08. The maximum Gasteiger partial charge on any atom is 0.248 e. The molecule has 2 heterocycles. The van der Waals surface area contributed by atoms with Crippen LogP contribution in [0.15, 0.2) is 60.9 Å². The molecule has 0 aliphatic carbocycles. The zero-order chi connectivity index (χ0) is 20.2. The average Bonchev–Trinajstić information content (AvgIpc) is 3.10. The van der Waals surface area contributed by atoms with Crippen LogP contribution in [0.5, 0.6) is 5.75 Å². The number of nitrogens with one attached hydrogen (secondary N) is 2. The zero-order valence-corrected chi connectivity index (χ0v) is 16.0. The van der Waals surface area contributed by atoms with Crippen molar-refractivity contribution in [3.05, 3.63) is 66.5 Å². The van der Waals surface area contributed by atoms with Crippen LogP contribution in [-0.2, 0) is 0 Å². The van der Waals surface area contributed by atoms with Crippen LogP contribution in [-0.4, -0.2) is 31.8 Å². The fourth-order valence-corrected chi connectivity index (χ4v) is 2.77. The van der Waals surface area contributed by atoms with Gasteiger partial charge in [-0.15, -0.1) is 5.10 Å². The molecule has 4 rings (SSSR count). The van der Waals surface area contributed by atoms with Crippen LogP contribution in [0.4, 0.5) is 29.1 Å². The number of rotatable bonds is 6. The number of anilines is 5. The van der Waals surface area contributed by atoms with Crippen molar-refractivity contribution in [1.82, 2.24) is 24.7 Å². The molecule has 0 bridgehead atoms. The Morgan fingerprint density at radius 3 is 2.59 bits per heavy atom. The Morgan fingerprint density at radius 2 is 1.83 bits per heavy atom. The Labute approximate surface area is 167 Å². The Kier molecular flexibility index (Phi) is 4.93. The number of benzene rings is 2. The predicted octanol–water partition coefficient (Wildman–Crippen LogP) is 3.44. The quantitative estimate of drug-likeness (QED) is 0.460. The number of nitrogen functional groups attached to an aromatic ring is 1. The van der Waals surface area contributed by atoms with Gasteiger partial charge in [-0.05, 0) is 42.8 Å². The molecular formula is C20H20N8O. The summed E-state index contributed by atoms with van der Waals surface area (Å²) in [5.41, 5.74) is 8.83. The van der Waals surface area contributed by atoms with Gasteiger partial charge in [0.25, 0.3) is 0 Å². The van der Waals surface area contributed by atoms with Crippen LogP contribution in [0.25, 0.3) is 5.82 Å². The summed E-state index contributed by atoms with van der Waals surface area (Å²) in [6.07, 6.45) is 1.45. The smallest absolute Gasteiger partial charge is 0.248 e. The largest absolute Gasteiger partial charge is 0.497 e. The monoisotopic (exact) mass is 388 g/mol. The summed E-state index contributed by atoms with van der Waals surface area (Å²) in [6, 6.07) is 17.2. The third-order valence-corrected chi connectivity index (χ3v) is 4.23. The molecule has 2 aromatic carbocycles. The van der Waals surface area contributed by atoms with E-state index in [0.717, 1.165) is 22.7 Å². The van der Waals surface area contributed by atoms with Crippen molar-refractivity contribution in [3.8, 4) is 11.6 Å². The third-order valence-electron chi connectivity index (χ3n) is 4.23. The lowest BCUT2D eigenvalue weighted by molar-refractivity contribution is 0.414. The van der Waals surface area contributed by atoms with Gasteiger partial charge in [0.05, 0.1) is 7.11 Å². The normalized spacial score (nSPS) is 10.6. The minimum Gasteiger partial charge on any atom is -0.497 e. The number of aryl methyl sites for hydroxylation is 1. The first-order chi connectivity index (χ1) is 14.1. The van der Waals surface area contributed by atoms with Gasteiger partial charge in [-0.1, -0.05) is 18.2 Å². The van der Waals surface area contributed by atoms with Crippen LogP contribution in [0.1, 0.15) is 5.56 Å². The lowest BCUT2D eigenvalue weighted by Crippen LogP contribution is -2.06. The molecule has 0 radical (unpaired) electrons. The van der Waals surface area contributed by atoms with E-state index < -0.39 is 0 Å². The first kappa shape index (κ1) is 18.2. The molecule has 0 unspecified atom stereocenters. The van der Waals surface area contributed by atoms with Crippen molar-refractivity contribution in [2.24, 2.45) is 0 Å². The van der Waals surface area contributed by atoms with Crippen molar-refractivity contribution in [2.75, 3.05) is 23.5 Å². The molecule has 146 valence electrons. The molecular weight excluding hydrogens is 368 g/mol. The van der Waals surface area contributed by atoms with E-state index in [1.165, 1.54) is 11.0 Å². The van der Waals surface area contributed by atoms with Crippen LogP contribution in [0, 0.1) is 6.92 Å². The zero-order valence-electron chi connectivity index (χ0n) is 16.0. The standard InChI is InChI=1S/C20H20N8O/c1-13-10-15(29-2)8-9-16(13)25-20-26-19(21)28(27-20)18-11-17(22-12-23-18)24-14-6-4-3-5-7-14/h3-12H,1-2H3,(H,22,23,24)(H3,21,25,26,27). The summed E-state index contributed by atoms with van der Waals surface area (Å²) in [5, 5.41) is 10.8. The lowest BCUT2D eigenvalue weighted by Gasteiger charge is -2.08. The number of nitrogens with zero attached hydrogens (tertiary/aromatic N) is 5. The van der Waals surface area contributed by atoms with Gasteiger partial charge in [0.15, 0.2) is 5.82 Å². The minimum absolute atomic E-state index is 0.211. The van der Waals surface area contributed by atoms with Gasteiger partial charge < -0.3 is 21.1 Å². The van der Waals surface area contributed by atoms with Crippen molar-refractivity contribution in [3.63, 3.8) is 0 Å². The fourth-order valence-electron chi connectivity index (χ4n) is 2.77. The molecule has 9 nitrogen and oxygen atoms in total. The summed E-state index contributed by atoms with van der Waals surface area (Å²) in [7, 11) is 1.63. The topological polar surface area (TPSA) is 116 Å². The Balaban J connectivity index is 1.57. The van der Waals surface area contributed by atoms with E-state index in [4.69, 9.17) is 10.5 Å². The summed E-state index contributed by atoms with van der Waals surface area (Å²) in [4.78, 5) is 12.8. The summed E-state index contributed by atoms with van der Waals surface area (Å²) in [6.45, 7) is 1.97. The molecule has 29 heavy (non-hydrogen) atoms. The second-order valence-electron chi connectivity index (χ2n) is 6.26. The highest BCUT2D eigenvalue weighted by Gasteiger charge is 2.12. The SMILES string of the molecule is COc1ccc(Nc2nc(N)n(-c3cc(Nc4ccccc4)ncn3)n2)c(C)c1. The van der Waals surface area contributed by atoms with E-state index in [1.807, 2.05) is 55.5 Å². The molecule has 0 atom stereocenters. The Morgan fingerprint density at radius 1 is 1.00 bits per heavy atom. The number of hydrogen-bond acceptors (Lipinski definition) is 8. The molecule has 4 N–H and O–H groups in total. The van der Waals surface area contributed by atoms with Crippen LogP contribution >= 0.6 is 0 Å². The van der Waals surface area contributed by atoms with Gasteiger partial charge in [0, 0.05) is 17.4 Å². The number of para-hydroxylation sites is 1.